The van der Waals surface area contributed by atoms with Gasteiger partial charge >= 0.3 is 5.97 Å². The molecule has 0 saturated heterocycles. The number of aromatic amines is 1. The van der Waals surface area contributed by atoms with Gasteiger partial charge in [-0.2, -0.15) is 0 Å². The molecule has 0 saturated carbocycles. The molecule has 0 unspecified atom stereocenters. The van der Waals surface area contributed by atoms with Crippen LogP contribution in [0.25, 0.3) is 23.2 Å². The van der Waals surface area contributed by atoms with Gasteiger partial charge in [0, 0.05) is 25.7 Å². The van der Waals surface area contributed by atoms with Gasteiger partial charge in [-0.25, -0.2) is 9.78 Å². The number of nitrogens with one attached hydrogen (secondary N) is 1. The zero-order valence-electron chi connectivity index (χ0n) is 19.4. The average Bonchev–Trinajstić information content (AvgIpc) is 3.39. The van der Waals surface area contributed by atoms with Crippen LogP contribution in [0.1, 0.15) is 22.5 Å². The van der Waals surface area contributed by atoms with Gasteiger partial charge in [0.15, 0.2) is 5.82 Å². The monoisotopic (exact) mass is 620 g/mol. The number of rotatable bonds is 7. The number of carboxylic acids is 1. The van der Waals surface area contributed by atoms with Crippen LogP contribution >= 0.6 is 46.0 Å². The van der Waals surface area contributed by atoms with Crippen LogP contribution in [0, 0.1) is 24.3 Å². The Hall–Kier alpha value is -2.76. The predicted molar refractivity (Wildman–Crippen MR) is 148 cm³/mol. The maximum Gasteiger partial charge on any atom is 0.342 e. The Kier molecular flexibility index (Phi) is 7.58. The summed E-state index contributed by atoms with van der Waals surface area (Å²) < 4.78 is 8.67. The first-order valence-electron chi connectivity index (χ1n) is 10.5. The normalized spacial score (nSPS) is 11.7. The molecular weight excluding hydrogens is 599 g/mol. The number of methoxy groups -OCH3 is 1. The lowest BCUT2D eigenvalue weighted by molar-refractivity contribution is -0.131. The number of benzene rings is 2. The highest BCUT2D eigenvalue weighted by molar-refractivity contribution is 14.1. The zero-order chi connectivity index (χ0) is 25.3. The highest BCUT2D eigenvalue weighted by Crippen LogP contribution is 2.33. The molecule has 2 heterocycles. The second-order valence-electron chi connectivity index (χ2n) is 7.82. The van der Waals surface area contributed by atoms with E-state index in [0.717, 1.165) is 34.4 Å². The topological polar surface area (TPSA) is 93.0 Å². The van der Waals surface area contributed by atoms with E-state index in [4.69, 9.17) is 16.3 Å². The summed E-state index contributed by atoms with van der Waals surface area (Å²) >= 11 is 9.42. The van der Waals surface area contributed by atoms with Crippen molar-refractivity contribution in [1.82, 2.24) is 19.7 Å². The number of halogens is 2. The number of carboxylic acid groups (broad SMARTS) is 1. The summed E-state index contributed by atoms with van der Waals surface area (Å²) in [5.41, 5.74) is 5.65. The standard InChI is InChI=1S/C25H22ClIN4O3S/c1-13-5-7-18(12-20(13)27)31-14(2)9-16(15(31)3)10-22(24(32)33)35-25-28-23(29-30-25)19-11-17(26)6-8-21(19)34-4/h5-12H,1-4H3,(H,32,33)(H,28,29,30)/b22-10-. The molecule has 0 aliphatic carbocycles. The number of H-pyrrole nitrogens is 1. The Bertz CT molecular complexity index is 1460. The van der Waals surface area contributed by atoms with E-state index in [1.807, 2.05) is 19.9 Å². The van der Waals surface area contributed by atoms with Crippen LogP contribution in [0.2, 0.25) is 5.02 Å². The smallest absolute Gasteiger partial charge is 0.342 e. The molecule has 0 fully saturated rings. The fraction of sp³-hybridized carbons (Fsp3) is 0.160. The molecule has 0 aliphatic rings. The molecular formula is C25H22ClIN4O3S. The Balaban J connectivity index is 1.67. The summed E-state index contributed by atoms with van der Waals surface area (Å²) in [7, 11) is 1.55. The summed E-state index contributed by atoms with van der Waals surface area (Å²) in [6, 6.07) is 13.4. The van der Waals surface area contributed by atoms with Gasteiger partial charge in [-0.1, -0.05) is 17.7 Å². The van der Waals surface area contributed by atoms with Crippen LogP contribution in [0.3, 0.4) is 0 Å². The van der Waals surface area contributed by atoms with Crippen molar-refractivity contribution in [2.45, 2.75) is 25.9 Å². The molecule has 180 valence electrons. The zero-order valence-corrected chi connectivity index (χ0v) is 23.1. The number of aliphatic carboxylic acids is 1. The Morgan fingerprint density at radius 3 is 2.66 bits per heavy atom. The summed E-state index contributed by atoms with van der Waals surface area (Å²) in [4.78, 5) is 16.6. The molecule has 2 aromatic heterocycles. The summed E-state index contributed by atoms with van der Waals surface area (Å²) in [5.74, 6) is -0.0468. The van der Waals surface area contributed by atoms with E-state index >= 15 is 0 Å². The number of aryl methyl sites for hydroxylation is 2. The quantitative estimate of drug-likeness (QED) is 0.136. The van der Waals surface area contributed by atoms with Crippen molar-refractivity contribution in [3.05, 3.63) is 78.5 Å². The summed E-state index contributed by atoms with van der Waals surface area (Å²) in [5, 5.41) is 17.7. The van der Waals surface area contributed by atoms with Crippen molar-refractivity contribution in [2.75, 3.05) is 7.11 Å². The number of nitrogens with zero attached hydrogens (tertiary/aromatic N) is 3. The number of hydrogen-bond donors (Lipinski definition) is 2. The molecule has 2 aromatic carbocycles. The predicted octanol–water partition coefficient (Wildman–Crippen LogP) is 6.67. The molecule has 0 radical (unpaired) electrons. The maximum atomic E-state index is 12.1. The van der Waals surface area contributed by atoms with Gasteiger partial charge in [0.1, 0.15) is 10.7 Å². The van der Waals surface area contributed by atoms with E-state index in [1.54, 1.807) is 31.4 Å². The first-order chi connectivity index (χ1) is 16.7. The molecule has 0 bridgehead atoms. The van der Waals surface area contributed by atoms with Crippen LogP contribution in [0.5, 0.6) is 5.75 Å². The van der Waals surface area contributed by atoms with Crippen LogP contribution < -0.4 is 4.74 Å². The lowest BCUT2D eigenvalue weighted by Crippen LogP contribution is -2.01. The highest BCUT2D eigenvalue weighted by atomic mass is 127. The van der Waals surface area contributed by atoms with E-state index in [1.165, 1.54) is 9.13 Å². The minimum absolute atomic E-state index is 0.104. The van der Waals surface area contributed by atoms with Crippen molar-refractivity contribution in [1.29, 1.82) is 0 Å². The van der Waals surface area contributed by atoms with Crippen molar-refractivity contribution in [3.63, 3.8) is 0 Å². The van der Waals surface area contributed by atoms with Crippen molar-refractivity contribution in [2.24, 2.45) is 0 Å². The molecule has 7 nitrogen and oxygen atoms in total. The van der Waals surface area contributed by atoms with Crippen LogP contribution in [-0.4, -0.2) is 37.9 Å². The van der Waals surface area contributed by atoms with E-state index in [9.17, 15) is 9.90 Å². The Morgan fingerprint density at radius 2 is 1.97 bits per heavy atom. The number of aromatic nitrogens is 4. The van der Waals surface area contributed by atoms with Gasteiger partial charge < -0.3 is 14.4 Å². The molecule has 0 amide bonds. The fourth-order valence-electron chi connectivity index (χ4n) is 3.70. The largest absolute Gasteiger partial charge is 0.496 e. The first-order valence-corrected chi connectivity index (χ1v) is 12.8. The summed E-state index contributed by atoms with van der Waals surface area (Å²) in [6.45, 7) is 6.05. The van der Waals surface area contributed by atoms with Crippen molar-refractivity contribution < 1.29 is 14.6 Å². The third kappa shape index (κ3) is 5.41. The van der Waals surface area contributed by atoms with Gasteiger partial charge in [0.25, 0.3) is 0 Å². The minimum atomic E-state index is -1.06. The number of hydrogen-bond acceptors (Lipinski definition) is 5. The van der Waals surface area contributed by atoms with Crippen molar-refractivity contribution in [3.8, 4) is 22.8 Å². The summed E-state index contributed by atoms with van der Waals surface area (Å²) in [6.07, 6.45) is 1.65. The average molecular weight is 621 g/mol. The highest BCUT2D eigenvalue weighted by Gasteiger charge is 2.18. The number of ether oxygens (including phenoxy) is 1. The van der Waals surface area contributed by atoms with Crippen molar-refractivity contribution >= 4 is 58.0 Å². The van der Waals surface area contributed by atoms with Crippen LogP contribution in [-0.2, 0) is 4.79 Å². The molecule has 35 heavy (non-hydrogen) atoms. The molecule has 4 aromatic rings. The number of carbonyl (C=O) groups is 1. The lowest BCUT2D eigenvalue weighted by atomic mass is 10.2. The Morgan fingerprint density at radius 1 is 1.20 bits per heavy atom. The second kappa shape index (κ2) is 10.5. The minimum Gasteiger partial charge on any atom is -0.496 e. The van der Waals surface area contributed by atoms with E-state index in [-0.39, 0.29) is 10.1 Å². The molecule has 0 aliphatic heterocycles. The Labute approximate surface area is 225 Å². The third-order valence-electron chi connectivity index (χ3n) is 5.46. The maximum absolute atomic E-state index is 12.1. The van der Waals surface area contributed by atoms with Gasteiger partial charge in [0.05, 0.1) is 12.7 Å². The van der Waals surface area contributed by atoms with Gasteiger partial charge in [-0.3, -0.25) is 5.10 Å². The third-order valence-corrected chi connectivity index (χ3v) is 7.74. The van der Waals surface area contributed by atoms with Gasteiger partial charge in [-0.05, 0) is 109 Å². The molecule has 2 N–H and O–H groups in total. The van der Waals surface area contributed by atoms with Crippen LogP contribution in [0.4, 0.5) is 0 Å². The molecule has 0 atom stereocenters. The molecule has 0 spiro atoms. The SMILES string of the molecule is COc1ccc(Cl)cc1-c1nc(S/C(=C\c2cc(C)n(-c3ccc(C)c(I)c3)c2C)C(=O)O)n[nH]1. The second-order valence-corrected chi connectivity index (χ2v) is 10.4. The number of thioether (sulfide) groups is 1. The van der Waals surface area contributed by atoms with E-state index in [0.29, 0.717) is 22.2 Å². The molecule has 4 rings (SSSR count). The van der Waals surface area contributed by atoms with Crippen LogP contribution in [0.15, 0.2) is 52.5 Å². The van der Waals surface area contributed by atoms with Gasteiger partial charge in [0.2, 0.25) is 5.16 Å². The van der Waals surface area contributed by atoms with E-state index in [2.05, 4.69) is 67.5 Å². The first kappa shape index (κ1) is 25.3. The van der Waals surface area contributed by atoms with Gasteiger partial charge in [-0.15, -0.1) is 5.10 Å². The fourth-order valence-corrected chi connectivity index (χ4v) is 5.07. The lowest BCUT2D eigenvalue weighted by Gasteiger charge is -2.11. The molecule has 10 heteroatoms. The van der Waals surface area contributed by atoms with E-state index < -0.39 is 5.97 Å².